The number of imidazole rings is 1. The molecule has 1 aromatic carbocycles. The maximum absolute atomic E-state index is 13.3. The number of rotatable bonds is 2. The van der Waals surface area contributed by atoms with Crippen molar-refractivity contribution in [1.82, 2.24) is 20.3 Å². The first kappa shape index (κ1) is 13.2. The van der Waals surface area contributed by atoms with E-state index >= 15 is 0 Å². The van der Waals surface area contributed by atoms with Crippen molar-refractivity contribution in [1.29, 1.82) is 0 Å². The highest BCUT2D eigenvalue weighted by Gasteiger charge is 2.31. The van der Waals surface area contributed by atoms with E-state index in [-0.39, 0.29) is 11.7 Å². The Morgan fingerprint density at radius 2 is 2.23 bits per heavy atom. The Morgan fingerprint density at radius 3 is 3.09 bits per heavy atom. The van der Waals surface area contributed by atoms with Gasteiger partial charge < -0.3 is 20.2 Å². The number of hydrogen-bond donors (Lipinski definition) is 4. The lowest BCUT2D eigenvalue weighted by Gasteiger charge is -2.32. The molecule has 3 N–H and O–H groups in total. The standard InChI is InChI=1S/C14H12FN5OS/c15-8-1-2-10-7(3-8)4-9(18-10)5-20-12-11(16-6-17-12)13(21)19-14(20)22/h1-4,6,14,18,22H,5H2,(H,16,17)(H,19,21). The number of aromatic nitrogens is 3. The number of nitrogens with one attached hydrogen (secondary N) is 3. The second-order valence-corrected chi connectivity index (χ2v) is 5.59. The van der Waals surface area contributed by atoms with Gasteiger partial charge in [-0.25, -0.2) is 9.37 Å². The van der Waals surface area contributed by atoms with Gasteiger partial charge in [0.25, 0.3) is 5.91 Å². The van der Waals surface area contributed by atoms with Crippen molar-refractivity contribution in [3.63, 3.8) is 0 Å². The zero-order valence-corrected chi connectivity index (χ0v) is 12.2. The van der Waals surface area contributed by atoms with Crippen molar-refractivity contribution in [2.24, 2.45) is 0 Å². The quantitative estimate of drug-likeness (QED) is 0.546. The third kappa shape index (κ3) is 2.03. The lowest BCUT2D eigenvalue weighted by molar-refractivity contribution is 0.0937. The van der Waals surface area contributed by atoms with Crippen LogP contribution in [0.4, 0.5) is 10.2 Å². The summed E-state index contributed by atoms with van der Waals surface area (Å²) in [6.07, 6.45) is 1.48. The second-order valence-electron chi connectivity index (χ2n) is 5.10. The number of aromatic amines is 2. The van der Waals surface area contributed by atoms with Gasteiger partial charge in [-0.15, -0.1) is 12.6 Å². The summed E-state index contributed by atoms with van der Waals surface area (Å²) in [5.41, 5.74) is 1.67. The van der Waals surface area contributed by atoms with Gasteiger partial charge in [-0.05, 0) is 24.3 Å². The molecule has 0 saturated heterocycles. The summed E-state index contributed by atoms with van der Waals surface area (Å²) in [6, 6.07) is 6.47. The predicted octanol–water partition coefficient (Wildman–Crippen LogP) is 1.99. The smallest absolute Gasteiger partial charge is 0.273 e. The molecule has 3 heterocycles. The van der Waals surface area contributed by atoms with E-state index < -0.39 is 5.50 Å². The molecule has 22 heavy (non-hydrogen) atoms. The molecule has 0 radical (unpaired) electrons. The normalized spacial score (nSPS) is 17.6. The minimum absolute atomic E-state index is 0.234. The largest absolute Gasteiger partial charge is 0.357 e. The maximum atomic E-state index is 13.3. The molecule has 0 bridgehead atoms. The fourth-order valence-corrected chi connectivity index (χ4v) is 2.96. The molecule has 8 heteroatoms. The van der Waals surface area contributed by atoms with Gasteiger partial charge in [-0.1, -0.05) is 0 Å². The lowest BCUT2D eigenvalue weighted by Crippen LogP contribution is -2.49. The fourth-order valence-electron chi connectivity index (χ4n) is 2.65. The molecule has 4 rings (SSSR count). The Balaban J connectivity index is 1.70. The molecule has 1 atom stereocenters. The van der Waals surface area contributed by atoms with Gasteiger partial charge in [0.05, 0.1) is 12.9 Å². The highest BCUT2D eigenvalue weighted by molar-refractivity contribution is 7.81. The number of nitrogens with zero attached hydrogens (tertiary/aromatic N) is 2. The molecule has 0 saturated carbocycles. The number of fused-ring (bicyclic) bond motifs is 2. The minimum Gasteiger partial charge on any atom is -0.357 e. The topological polar surface area (TPSA) is 76.8 Å². The number of anilines is 1. The van der Waals surface area contributed by atoms with Gasteiger partial charge in [0.15, 0.2) is 5.82 Å². The van der Waals surface area contributed by atoms with Crippen LogP contribution in [0.1, 0.15) is 16.2 Å². The van der Waals surface area contributed by atoms with Gasteiger partial charge in [0, 0.05) is 16.6 Å². The molecule has 1 aliphatic heterocycles. The van der Waals surface area contributed by atoms with Crippen molar-refractivity contribution in [3.05, 3.63) is 47.8 Å². The van der Waals surface area contributed by atoms with Crippen LogP contribution in [0.15, 0.2) is 30.6 Å². The highest BCUT2D eigenvalue weighted by Crippen LogP contribution is 2.27. The van der Waals surface area contributed by atoms with E-state index in [1.54, 1.807) is 6.07 Å². The molecule has 3 aromatic rings. The molecule has 1 amide bonds. The third-order valence-corrected chi connectivity index (χ3v) is 4.06. The van der Waals surface area contributed by atoms with E-state index in [1.165, 1.54) is 18.5 Å². The summed E-state index contributed by atoms with van der Waals surface area (Å²) in [4.78, 5) is 23.9. The number of H-pyrrole nitrogens is 2. The highest BCUT2D eigenvalue weighted by atomic mass is 32.1. The van der Waals surface area contributed by atoms with Crippen LogP contribution in [0.3, 0.4) is 0 Å². The number of carbonyl (C=O) groups is 1. The van der Waals surface area contributed by atoms with Gasteiger partial charge in [0.2, 0.25) is 0 Å². The molecule has 0 aliphatic carbocycles. The summed E-state index contributed by atoms with van der Waals surface area (Å²) in [5.74, 6) is 0.0426. The number of carbonyl (C=O) groups excluding carboxylic acids is 1. The molecule has 0 fully saturated rings. The average Bonchev–Trinajstić information content (AvgIpc) is 3.09. The van der Waals surface area contributed by atoms with Crippen LogP contribution < -0.4 is 10.2 Å². The summed E-state index contributed by atoms with van der Waals surface area (Å²) in [7, 11) is 0. The van der Waals surface area contributed by atoms with Crippen LogP contribution in [0.2, 0.25) is 0 Å². The van der Waals surface area contributed by atoms with Gasteiger partial charge >= 0.3 is 0 Å². The molecule has 2 aromatic heterocycles. The SMILES string of the molecule is O=C1NC(S)N(Cc2cc3cc(F)ccc3[nH]2)c2nc[nH]c21. The van der Waals surface area contributed by atoms with Gasteiger partial charge in [-0.2, -0.15) is 0 Å². The van der Waals surface area contributed by atoms with Crippen molar-refractivity contribution in [2.75, 3.05) is 4.90 Å². The second kappa shape index (κ2) is 4.77. The van der Waals surface area contributed by atoms with Crippen LogP contribution in [0.5, 0.6) is 0 Å². The summed E-state index contributed by atoms with van der Waals surface area (Å²) in [5, 5.41) is 3.54. The van der Waals surface area contributed by atoms with Crippen LogP contribution in [0.25, 0.3) is 10.9 Å². The van der Waals surface area contributed by atoms with E-state index in [4.69, 9.17) is 0 Å². The summed E-state index contributed by atoms with van der Waals surface area (Å²) < 4.78 is 13.3. The van der Waals surface area contributed by atoms with E-state index in [0.29, 0.717) is 18.1 Å². The molecule has 1 aliphatic rings. The Morgan fingerprint density at radius 1 is 1.36 bits per heavy atom. The zero-order valence-electron chi connectivity index (χ0n) is 11.3. The Hall–Kier alpha value is -2.48. The first-order valence-electron chi connectivity index (χ1n) is 6.68. The molecule has 0 spiro atoms. The number of amides is 1. The van der Waals surface area contributed by atoms with Crippen molar-refractivity contribution in [2.45, 2.75) is 12.0 Å². The molecular formula is C14H12FN5OS. The van der Waals surface area contributed by atoms with E-state index in [9.17, 15) is 9.18 Å². The summed E-state index contributed by atoms with van der Waals surface area (Å²) in [6.45, 7) is 0.461. The van der Waals surface area contributed by atoms with Crippen LogP contribution in [0, 0.1) is 5.82 Å². The Bertz CT molecular complexity index is 873. The van der Waals surface area contributed by atoms with Crippen molar-refractivity contribution in [3.8, 4) is 0 Å². The van der Waals surface area contributed by atoms with Gasteiger partial charge in [-0.3, -0.25) is 4.79 Å². The monoisotopic (exact) mass is 317 g/mol. The Labute approximate surface area is 130 Å². The first-order valence-corrected chi connectivity index (χ1v) is 7.19. The molecule has 6 nitrogen and oxygen atoms in total. The van der Waals surface area contributed by atoms with E-state index in [0.717, 1.165) is 16.6 Å². The summed E-state index contributed by atoms with van der Waals surface area (Å²) >= 11 is 4.39. The van der Waals surface area contributed by atoms with Crippen molar-refractivity contribution < 1.29 is 9.18 Å². The first-order chi connectivity index (χ1) is 10.6. The molecule has 112 valence electrons. The molecular weight excluding hydrogens is 305 g/mol. The van der Waals surface area contributed by atoms with E-state index in [1.807, 2.05) is 11.0 Å². The number of thiol groups is 1. The minimum atomic E-state index is -0.480. The van der Waals surface area contributed by atoms with Crippen molar-refractivity contribution >= 4 is 35.3 Å². The lowest BCUT2D eigenvalue weighted by atomic mass is 10.2. The van der Waals surface area contributed by atoms with Crippen LogP contribution >= 0.6 is 12.6 Å². The third-order valence-electron chi connectivity index (χ3n) is 3.65. The number of halogens is 1. The fraction of sp³-hybridized carbons (Fsp3) is 0.143. The zero-order chi connectivity index (χ0) is 15.3. The van der Waals surface area contributed by atoms with Gasteiger partial charge in [0.1, 0.15) is 17.0 Å². The predicted molar refractivity (Wildman–Crippen MR) is 83.3 cm³/mol. The van der Waals surface area contributed by atoms with Crippen LogP contribution in [-0.4, -0.2) is 26.4 Å². The number of hydrogen-bond acceptors (Lipinski definition) is 4. The van der Waals surface area contributed by atoms with Crippen LogP contribution in [-0.2, 0) is 6.54 Å². The Kier molecular flexibility index (Phi) is 2.86. The molecule has 1 unspecified atom stereocenters. The number of benzene rings is 1. The average molecular weight is 317 g/mol. The maximum Gasteiger partial charge on any atom is 0.273 e. The van der Waals surface area contributed by atoms with E-state index in [2.05, 4.69) is 32.9 Å².